The fourth-order valence-electron chi connectivity index (χ4n) is 3.31. The lowest BCUT2D eigenvalue weighted by Gasteiger charge is -2.40. The van der Waals surface area contributed by atoms with Crippen molar-refractivity contribution in [1.82, 2.24) is 10.2 Å². The molecule has 1 aromatic carbocycles. The third kappa shape index (κ3) is 4.63. The first-order valence-electron chi connectivity index (χ1n) is 8.81. The van der Waals surface area contributed by atoms with E-state index in [2.05, 4.69) is 12.2 Å². The number of nitrogens with zero attached hydrogens (tertiary/aromatic N) is 1. The summed E-state index contributed by atoms with van der Waals surface area (Å²) in [5, 5.41) is 12.7. The van der Waals surface area contributed by atoms with Gasteiger partial charge in [0.25, 0.3) is 0 Å². The predicted octanol–water partition coefficient (Wildman–Crippen LogP) is 2.82. The largest absolute Gasteiger partial charge is 0.497 e. The van der Waals surface area contributed by atoms with Gasteiger partial charge in [-0.25, -0.2) is 4.79 Å². The van der Waals surface area contributed by atoms with Crippen LogP contribution in [0.3, 0.4) is 0 Å². The fraction of sp³-hybridized carbons (Fsp3) is 0.632. The zero-order chi connectivity index (χ0) is 17.6. The van der Waals surface area contributed by atoms with Crippen LogP contribution < -0.4 is 10.1 Å². The number of rotatable bonds is 6. The minimum atomic E-state index is -0.00645. The van der Waals surface area contributed by atoms with Crippen molar-refractivity contribution >= 4 is 6.03 Å². The van der Waals surface area contributed by atoms with Gasteiger partial charge in [-0.3, -0.25) is 0 Å². The number of nitrogens with one attached hydrogen (secondary N) is 1. The maximum absolute atomic E-state index is 12.4. The first kappa shape index (κ1) is 18.6. The number of aliphatic hydroxyl groups is 1. The number of carbonyl (C=O) groups excluding carboxylic acids is 1. The van der Waals surface area contributed by atoms with Gasteiger partial charge in [-0.2, -0.15) is 0 Å². The molecular weight excluding hydrogens is 304 g/mol. The molecule has 1 atom stereocenters. The standard InChI is InChI=1S/C19H30N2O3/c1-4-19(14-22)8-10-21(11-9-19)18(23)20-15(2)12-16-6-5-7-17(13-16)24-3/h5-7,13,15,22H,4,8-12,14H2,1-3H3,(H,20,23). The van der Waals surface area contributed by atoms with Gasteiger partial charge in [0.2, 0.25) is 0 Å². The molecule has 24 heavy (non-hydrogen) atoms. The minimum Gasteiger partial charge on any atom is -0.497 e. The number of hydrogen-bond acceptors (Lipinski definition) is 3. The Morgan fingerprint density at radius 2 is 2.12 bits per heavy atom. The van der Waals surface area contributed by atoms with Gasteiger partial charge in [-0.05, 0) is 55.7 Å². The number of methoxy groups -OCH3 is 1. The molecule has 1 fully saturated rings. The van der Waals surface area contributed by atoms with E-state index < -0.39 is 0 Å². The number of amides is 2. The number of carbonyl (C=O) groups is 1. The van der Waals surface area contributed by atoms with E-state index >= 15 is 0 Å². The predicted molar refractivity (Wildman–Crippen MR) is 95.3 cm³/mol. The normalized spacial score (nSPS) is 18.1. The zero-order valence-electron chi connectivity index (χ0n) is 15.0. The van der Waals surface area contributed by atoms with Gasteiger partial charge in [0, 0.05) is 25.7 Å². The van der Waals surface area contributed by atoms with E-state index in [0.29, 0.717) is 13.1 Å². The molecule has 0 aromatic heterocycles. The van der Waals surface area contributed by atoms with E-state index in [1.807, 2.05) is 36.1 Å². The van der Waals surface area contributed by atoms with Crippen molar-refractivity contribution in [3.8, 4) is 5.75 Å². The third-order valence-corrected chi connectivity index (χ3v) is 5.24. The molecule has 1 unspecified atom stereocenters. The van der Waals surface area contributed by atoms with E-state index in [-0.39, 0.29) is 24.1 Å². The Bertz CT molecular complexity index is 533. The van der Waals surface area contributed by atoms with Gasteiger partial charge in [0.05, 0.1) is 7.11 Å². The number of benzene rings is 1. The second-order valence-electron chi connectivity index (χ2n) is 6.90. The Balaban J connectivity index is 1.83. The van der Waals surface area contributed by atoms with Crippen molar-refractivity contribution < 1.29 is 14.6 Å². The van der Waals surface area contributed by atoms with E-state index in [0.717, 1.165) is 37.0 Å². The summed E-state index contributed by atoms with van der Waals surface area (Å²) in [4.78, 5) is 14.3. The number of piperidine rings is 1. The molecule has 2 amide bonds. The number of ether oxygens (including phenoxy) is 1. The molecular formula is C19H30N2O3. The molecule has 1 heterocycles. The minimum absolute atomic E-state index is 0.00296. The number of urea groups is 1. The van der Waals surface area contributed by atoms with Gasteiger partial charge >= 0.3 is 6.03 Å². The summed E-state index contributed by atoms with van der Waals surface area (Å²) in [6.07, 6.45) is 3.48. The molecule has 134 valence electrons. The lowest BCUT2D eigenvalue weighted by molar-refractivity contribution is 0.0516. The molecule has 5 heteroatoms. The van der Waals surface area contributed by atoms with Crippen LogP contribution in [0.2, 0.25) is 0 Å². The summed E-state index contributed by atoms with van der Waals surface area (Å²) in [5.41, 5.74) is 1.15. The highest BCUT2D eigenvalue weighted by Gasteiger charge is 2.34. The molecule has 0 saturated carbocycles. The van der Waals surface area contributed by atoms with Crippen LogP contribution in [0.15, 0.2) is 24.3 Å². The second kappa shape index (κ2) is 8.38. The fourth-order valence-corrected chi connectivity index (χ4v) is 3.31. The lowest BCUT2D eigenvalue weighted by atomic mass is 9.77. The Morgan fingerprint density at radius 1 is 1.42 bits per heavy atom. The number of hydrogen-bond donors (Lipinski definition) is 2. The van der Waals surface area contributed by atoms with E-state index in [1.165, 1.54) is 0 Å². The molecule has 2 N–H and O–H groups in total. The van der Waals surface area contributed by atoms with E-state index in [4.69, 9.17) is 4.74 Å². The highest BCUT2D eigenvalue weighted by atomic mass is 16.5. The summed E-state index contributed by atoms with van der Waals surface area (Å²) in [6.45, 7) is 5.77. The summed E-state index contributed by atoms with van der Waals surface area (Å²) in [7, 11) is 1.66. The average molecular weight is 334 g/mol. The number of aliphatic hydroxyl groups excluding tert-OH is 1. The summed E-state index contributed by atoms with van der Waals surface area (Å²) >= 11 is 0. The van der Waals surface area contributed by atoms with Gasteiger partial charge in [0.1, 0.15) is 5.75 Å². The Kier molecular flexibility index (Phi) is 6.49. The molecule has 5 nitrogen and oxygen atoms in total. The summed E-state index contributed by atoms with van der Waals surface area (Å²) in [6, 6.07) is 7.98. The van der Waals surface area contributed by atoms with Crippen LogP contribution in [0.5, 0.6) is 5.75 Å². The Labute approximate surface area is 145 Å². The highest BCUT2D eigenvalue weighted by Crippen LogP contribution is 2.34. The first-order chi connectivity index (χ1) is 11.5. The smallest absolute Gasteiger partial charge is 0.317 e. The molecule has 0 spiro atoms. The van der Waals surface area contributed by atoms with Gasteiger partial charge in [0.15, 0.2) is 0 Å². The quantitative estimate of drug-likeness (QED) is 0.841. The van der Waals surface area contributed by atoms with Crippen molar-refractivity contribution in [3.05, 3.63) is 29.8 Å². The number of likely N-dealkylation sites (tertiary alicyclic amines) is 1. The molecule has 0 aliphatic carbocycles. The SMILES string of the molecule is CCC1(CO)CCN(C(=O)NC(C)Cc2cccc(OC)c2)CC1. The highest BCUT2D eigenvalue weighted by molar-refractivity contribution is 5.74. The molecule has 1 aliphatic heterocycles. The van der Waals surface area contributed by atoms with Gasteiger partial charge < -0.3 is 20.1 Å². The van der Waals surface area contributed by atoms with Crippen LogP contribution in [0.25, 0.3) is 0 Å². The summed E-state index contributed by atoms with van der Waals surface area (Å²) < 4.78 is 5.24. The Morgan fingerprint density at radius 3 is 2.71 bits per heavy atom. The average Bonchev–Trinajstić information content (AvgIpc) is 2.61. The van der Waals surface area contributed by atoms with Crippen molar-refractivity contribution in [3.63, 3.8) is 0 Å². The van der Waals surface area contributed by atoms with Crippen molar-refractivity contribution in [2.75, 3.05) is 26.8 Å². The van der Waals surface area contributed by atoms with Crippen molar-refractivity contribution in [1.29, 1.82) is 0 Å². The van der Waals surface area contributed by atoms with Crippen LogP contribution in [-0.4, -0.2) is 48.9 Å². The maximum Gasteiger partial charge on any atom is 0.317 e. The van der Waals surface area contributed by atoms with Crippen LogP contribution in [0.1, 0.15) is 38.7 Å². The van der Waals surface area contributed by atoms with Crippen molar-refractivity contribution in [2.24, 2.45) is 5.41 Å². The van der Waals surface area contributed by atoms with Crippen LogP contribution in [0.4, 0.5) is 4.79 Å². The van der Waals surface area contributed by atoms with Crippen LogP contribution >= 0.6 is 0 Å². The second-order valence-corrected chi connectivity index (χ2v) is 6.90. The zero-order valence-corrected chi connectivity index (χ0v) is 15.0. The van der Waals surface area contributed by atoms with Gasteiger partial charge in [-0.15, -0.1) is 0 Å². The third-order valence-electron chi connectivity index (χ3n) is 5.24. The molecule has 1 aliphatic rings. The molecule has 0 radical (unpaired) electrons. The lowest BCUT2D eigenvalue weighted by Crippen LogP contribution is -2.50. The van der Waals surface area contributed by atoms with Crippen LogP contribution in [-0.2, 0) is 6.42 Å². The van der Waals surface area contributed by atoms with E-state index in [1.54, 1.807) is 7.11 Å². The van der Waals surface area contributed by atoms with E-state index in [9.17, 15) is 9.90 Å². The van der Waals surface area contributed by atoms with Gasteiger partial charge in [-0.1, -0.05) is 19.1 Å². The molecule has 1 aromatic rings. The Hall–Kier alpha value is -1.75. The first-order valence-corrected chi connectivity index (χ1v) is 8.81. The maximum atomic E-state index is 12.4. The summed E-state index contributed by atoms with van der Waals surface area (Å²) in [5.74, 6) is 0.835. The van der Waals surface area contributed by atoms with Crippen LogP contribution in [0, 0.1) is 5.41 Å². The van der Waals surface area contributed by atoms with Crippen molar-refractivity contribution in [2.45, 2.75) is 45.6 Å². The monoisotopic (exact) mass is 334 g/mol. The topological polar surface area (TPSA) is 61.8 Å². The molecule has 1 saturated heterocycles. The molecule has 2 rings (SSSR count). The molecule has 0 bridgehead atoms.